The molecule has 0 fully saturated rings. The molecule has 1 heterocycles. The Balaban J connectivity index is 1.98. The first-order valence-corrected chi connectivity index (χ1v) is 8.06. The third-order valence-corrected chi connectivity index (χ3v) is 3.49. The molecule has 0 spiro atoms. The molecule has 2 aromatic rings. The van der Waals surface area contributed by atoms with Gasteiger partial charge in [-0.3, -0.25) is 9.59 Å². The minimum Gasteiger partial charge on any atom is -0.356 e. The number of rotatable bonds is 7. The van der Waals surface area contributed by atoms with Crippen LogP contribution >= 0.6 is 0 Å². The summed E-state index contributed by atoms with van der Waals surface area (Å²) < 4.78 is 14.3. The zero-order chi connectivity index (χ0) is 17.5. The van der Waals surface area contributed by atoms with Gasteiger partial charge in [-0.2, -0.15) is 5.10 Å². The summed E-state index contributed by atoms with van der Waals surface area (Å²) in [6.45, 7) is 5.08. The van der Waals surface area contributed by atoms with Crippen molar-refractivity contribution in [3.05, 3.63) is 52.6 Å². The average Bonchev–Trinajstić information content (AvgIpc) is 2.55. The molecule has 1 aromatic carbocycles. The van der Waals surface area contributed by atoms with Gasteiger partial charge in [0.15, 0.2) is 0 Å². The van der Waals surface area contributed by atoms with Crippen LogP contribution < -0.4 is 10.9 Å². The number of aryl methyl sites for hydroxylation is 1. The predicted molar refractivity (Wildman–Crippen MR) is 91.0 cm³/mol. The van der Waals surface area contributed by atoms with E-state index in [0.29, 0.717) is 37.5 Å². The molecule has 6 heteroatoms. The second-order valence-electron chi connectivity index (χ2n) is 6.09. The van der Waals surface area contributed by atoms with Crippen LogP contribution in [-0.4, -0.2) is 22.2 Å². The molecule has 2 rings (SSSR count). The number of benzene rings is 1. The molecule has 0 saturated heterocycles. The van der Waals surface area contributed by atoms with Crippen LogP contribution in [0.15, 0.2) is 41.2 Å². The maximum absolute atomic E-state index is 13.0. The molecule has 0 aliphatic rings. The van der Waals surface area contributed by atoms with E-state index in [2.05, 4.69) is 10.4 Å². The molecule has 128 valence electrons. The molecule has 0 saturated carbocycles. The second-order valence-corrected chi connectivity index (χ2v) is 6.09. The largest absolute Gasteiger partial charge is 0.356 e. The SMILES string of the molecule is CC(C)CNC(=O)CCCn1nc(-c2ccc(F)cc2)ccc1=O. The Bertz CT molecular complexity index is 739. The topological polar surface area (TPSA) is 64.0 Å². The summed E-state index contributed by atoms with van der Waals surface area (Å²) >= 11 is 0. The molecule has 0 bridgehead atoms. The maximum Gasteiger partial charge on any atom is 0.266 e. The molecule has 0 aliphatic carbocycles. The van der Waals surface area contributed by atoms with Gasteiger partial charge in [0.2, 0.25) is 5.91 Å². The zero-order valence-corrected chi connectivity index (χ0v) is 14.0. The standard InChI is InChI=1S/C18H22FN3O2/c1-13(2)12-20-17(23)4-3-11-22-18(24)10-9-16(21-22)14-5-7-15(19)8-6-14/h5-10,13H,3-4,11-12H2,1-2H3,(H,20,23). The number of hydrogen-bond donors (Lipinski definition) is 1. The van der Waals surface area contributed by atoms with E-state index in [4.69, 9.17) is 0 Å². The highest BCUT2D eigenvalue weighted by atomic mass is 19.1. The molecule has 24 heavy (non-hydrogen) atoms. The molecular weight excluding hydrogens is 309 g/mol. The van der Waals surface area contributed by atoms with Crippen LogP contribution in [0.5, 0.6) is 0 Å². The molecule has 0 radical (unpaired) electrons. The van der Waals surface area contributed by atoms with Crippen LogP contribution in [0.25, 0.3) is 11.3 Å². The van der Waals surface area contributed by atoms with Gasteiger partial charge in [-0.05, 0) is 42.7 Å². The lowest BCUT2D eigenvalue weighted by Crippen LogP contribution is -2.28. The van der Waals surface area contributed by atoms with Crippen molar-refractivity contribution < 1.29 is 9.18 Å². The first kappa shape index (κ1) is 17.8. The fraction of sp³-hybridized carbons (Fsp3) is 0.389. The highest BCUT2D eigenvalue weighted by Gasteiger charge is 2.06. The first-order chi connectivity index (χ1) is 11.5. The van der Waals surface area contributed by atoms with Crippen molar-refractivity contribution >= 4 is 5.91 Å². The molecule has 1 aromatic heterocycles. The van der Waals surface area contributed by atoms with Crippen molar-refractivity contribution in [2.24, 2.45) is 5.92 Å². The number of nitrogens with one attached hydrogen (secondary N) is 1. The number of nitrogens with zero attached hydrogens (tertiary/aromatic N) is 2. The normalized spacial score (nSPS) is 10.8. The molecule has 1 amide bonds. The second kappa shape index (κ2) is 8.38. The van der Waals surface area contributed by atoms with Gasteiger partial charge in [0.1, 0.15) is 5.82 Å². The number of aromatic nitrogens is 2. The Labute approximate surface area is 140 Å². The number of hydrogen-bond acceptors (Lipinski definition) is 3. The fourth-order valence-electron chi connectivity index (χ4n) is 2.18. The summed E-state index contributed by atoms with van der Waals surface area (Å²) in [7, 11) is 0. The molecule has 1 N–H and O–H groups in total. The lowest BCUT2D eigenvalue weighted by molar-refractivity contribution is -0.121. The van der Waals surface area contributed by atoms with E-state index in [1.807, 2.05) is 13.8 Å². The van der Waals surface area contributed by atoms with Crippen LogP contribution in [0.2, 0.25) is 0 Å². The molecule has 0 unspecified atom stereocenters. The van der Waals surface area contributed by atoms with E-state index < -0.39 is 0 Å². The Morgan fingerprint density at radius 1 is 1.21 bits per heavy atom. The summed E-state index contributed by atoms with van der Waals surface area (Å²) in [4.78, 5) is 23.6. The minimum absolute atomic E-state index is 0.0218. The van der Waals surface area contributed by atoms with Crippen molar-refractivity contribution in [1.29, 1.82) is 0 Å². The number of carbonyl (C=O) groups excluding carboxylic acids is 1. The van der Waals surface area contributed by atoms with Crippen molar-refractivity contribution in [3.8, 4) is 11.3 Å². The van der Waals surface area contributed by atoms with Crippen LogP contribution in [0.4, 0.5) is 4.39 Å². The lowest BCUT2D eigenvalue weighted by atomic mass is 10.1. The maximum atomic E-state index is 13.0. The van der Waals surface area contributed by atoms with Gasteiger partial charge in [-0.1, -0.05) is 13.8 Å². The van der Waals surface area contributed by atoms with Gasteiger partial charge < -0.3 is 5.32 Å². The third-order valence-electron chi connectivity index (χ3n) is 3.49. The summed E-state index contributed by atoms with van der Waals surface area (Å²) in [5.41, 5.74) is 1.11. The highest BCUT2D eigenvalue weighted by Crippen LogP contribution is 2.15. The third kappa shape index (κ3) is 5.30. The first-order valence-electron chi connectivity index (χ1n) is 8.06. The van der Waals surface area contributed by atoms with E-state index in [0.717, 1.165) is 5.56 Å². The smallest absolute Gasteiger partial charge is 0.266 e. The zero-order valence-electron chi connectivity index (χ0n) is 14.0. The van der Waals surface area contributed by atoms with E-state index in [9.17, 15) is 14.0 Å². The van der Waals surface area contributed by atoms with Gasteiger partial charge in [-0.15, -0.1) is 0 Å². The summed E-state index contributed by atoms with van der Waals surface area (Å²) in [5, 5.41) is 7.14. The number of carbonyl (C=O) groups is 1. The lowest BCUT2D eigenvalue weighted by Gasteiger charge is -2.09. The highest BCUT2D eigenvalue weighted by molar-refractivity contribution is 5.75. The predicted octanol–water partition coefficient (Wildman–Crippen LogP) is 2.60. The van der Waals surface area contributed by atoms with Crippen molar-refractivity contribution in [2.75, 3.05) is 6.54 Å². The van der Waals surface area contributed by atoms with E-state index in [1.165, 1.54) is 22.9 Å². The van der Waals surface area contributed by atoms with Gasteiger partial charge >= 0.3 is 0 Å². The molecular formula is C18H22FN3O2. The molecule has 0 aliphatic heterocycles. The van der Waals surface area contributed by atoms with Crippen molar-refractivity contribution in [2.45, 2.75) is 33.2 Å². The molecule has 5 nitrogen and oxygen atoms in total. The quantitative estimate of drug-likeness (QED) is 0.848. The summed E-state index contributed by atoms with van der Waals surface area (Å²) in [6.07, 6.45) is 0.880. The summed E-state index contributed by atoms with van der Waals surface area (Å²) in [6, 6.07) is 8.99. The average molecular weight is 331 g/mol. The van der Waals surface area contributed by atoms with E-state index >= 15 is 0 Å². The molecule has 0 atom stereocenters. The van der Waals surface area contributed by atoms with Gasteiger partial charge in [0, 0.05) is 31.1 Å². The van der Waals surface area contributed by atoms with Crippen molar-refractivity contribution in [1.82, 2.24) is 15.1 Å². The van der Waals surface area contributed by atoms with Gasteiger partial charge in [0.05, 0.1) is 5.69 Å². The van der Waals surface area contributed by atoms with Crippen LogP contribution in [-0.2, 0) is 11.3 Å². The van der Waals surface area contributed by atoms with Crippen LogP contribution in [0.1, 0.15) is 26.7 Å². The van der Waals surface area contributed by atoms with E-state index in [-0.39, 0.29) is 17.3 Å². The number of amides is 1. The Hall–Kier alpha value is -2.50. The van der Waals surface area contributed by atoms with Crippen LogP contribution in [0.3, 0.4) is 0 Å². The monoisotopic (exact) mass is 331 g/mol. The number of halogens is 1. The fourth-order valence-corrected chi connectivity index (χ4v) is 2.18. The van der Waals surface area contributed by atoms with Crippen LogP contribution in [0, 0.1) is 11.7 Å². The van der Waals surface area contributed by atoms with Gasteiger partial charge in [0.25, 0.3) is 5.56 Å². The van der Waals surface area contributed by atoms with E-state index in [1.54, 1.807) is 18.2 Å². The Morgan fingerprint density at radius 3 is 2.58 bits per heavy atom. The van der Waals surface area contributed by atoms with Gasteiger partial charge in [-0.25, -0.2) is 9.07 Å². The summed E-state index contributed by atoms with van der Waals surface area (Å²) in [5.74, 6) is 0.0662. The Kier molecular flexibility index (Phi) is 6.23. The Morgan fingerprint density at radius 2 is 1.92 bits per heavy atom. The minimum atomic E-state index is -0.320. The van der Waals surface area contributed by atoms with Crippen molar-refractivity contribution in [3.63, 3.8) is 0 Å².